The van der Waals surface area contributed by atoms with Crippen molar-refractivity contribution in [2.75, 3.05) is 11.4 Å². The second kappa shape index (κ2) is 5.16. The number of aryl methyl sites for hydroxylation is 4. The fraction of sp³-hybridized carbons (Fsp3) is 0.412. The Kier molecular flexibility index (Phi) is 3.43. The number of carboxylic acids is 1. The van der Waals surface area contributed by atoms with Crippen LogP contribution in [0.1, 0.15) is 39.3 Å². The highest BCUT2D eigenvalue weighted by Gasteiger charge is 2.28. The number of carbonyl (C=O) groups is 1. The summed E-state index contributed by atoms with van der Waals surface area (Å²) in [6.45, 7) is 9.62. The summed E-state index contributed by atoms with van der Waals surface area (Å²) in [4.78, 5) is 18.2. The second-order valence-corrected chi connectivity index (χ2v) is 6.06. The predicted molar refractivity (Wildman–Crippen MR) is 86.2 cm³/mol. The van der Waals surface area contributed by atoms with Crippen molar-refractivity contribution in [3.63, 3.8) is 0 Å². The molecule has 0 spiro atoms. The highest BCUT2D eigenvalue weighted by Crippen LogP contribution is 2.35. The molecule has 1 N–H and O–H groups in total. The van der Waals surface area contributed by atoms with E-state index in [1.165, 1.54) is 16.7 Å². The van der Waals surface area contributed by atoms with Crippen LogP contribution in [0.2, 0.25) is 0 Å². The van der Waals surface area contributed by atoms with Crippen molar-refractivity contribution < 1.29 is 9.90 Å². The number of hydrogen-bond acceptors (Lipinski definition) is 3. The van der Waals surface area contributed by atoms with Gasteiger partial charge in [-0.3, -0.25) is 0 Å². The van der Waals surface area contributed by atoms with Crippen LogP contribution in [0.3, 0.4) is 0 Å². The topological polar surface area (TPSA) is 58.4 Å². The second-order valence-electron chi connectivity index (χ2n) is 6.06. The van der Waals surface area contributed by atoms with Crippen LogP contribution in [0, 0.1) is 27.7 Å². The van der Waals surface area contributed by atoms with Gasteiger partial charge in [0.1, 0.15) is 0 Å². The van der Waals surface area contributed by atoms with Gasteiger partial charge >= 0.3 is 5.97 Å². The molecule has 1 aromatic carbocycles. The minimum atomic E-state index is -0.907. The van der Waals surface area contributed by atoms with Crippen molar-refractivity contribution in [2.24, 2.45) is 0 Å². The molecule has 5 heteroatoms. The molecular weight excluding hydrogens is 278 g/mol. The molecule has 2 heterocycles. The number of carboxylic acid groups (broad SMARTS) is 1. The van der Waals surface area contributed by atoms with Crippen LogP contribution in [0.15, 0.2) is 12.1 Å². The summed E-state index contributed by atoms with van der Waals surface area (Å²) in [7, 11) is 0. The fourth-order valence-corrected chi connectivity index (χ4v) is 3.54. The van der Waals surface area contributed by atoms with E-state index >= 15 is 0 Å². The maximum Gasteiger partial charge on any atom is 0.354 e. The summed E-state index contributed by atoms with van der Waals surface area (Å²) in [6.07, 6.45) is 0.913. The lowest BCUT2D eigenvalue weighted by molar-refractivity contribution is 0.0684. The summed E-state index contributed by atoms with van der Waals surface area (Å²) in [5.41, 5.74) is 5.67. The number of aromatic nitrogens is 2. The standard InChI is InChI=1S/C17H21N3O2/c1-10-8-11(2)14(12(3)9-10)19-6-5-7-20-15(16(21)22)13(4)18-17(19)20/h8-9H,5-7H2,1-4H3,(H,21,22). The van der Waals surface area contributed by atoms with Gasteiger partial charge in [-0.1, -0.05) is 17.7 Å². The first-order chi connectivity index (χ1) is 10.4. The number of imidazole rings is 1. The monoisotopic (exact) mass is 299 g/mol. The van der Waals surface area contributed by atoms with Crippen LogP contribution < -0.4 is 4.90 Å². The average molecular weight is 299 g/mol. The molecule has 2 aromatic rings. The van der Waals surface area contributed by atoms with Crippen LogP contribution in [0.25, 0.3) is 0 Å². The quantitative estimate of drug-likeness (QED) is 0.924. The maximum atomic E-state index is 11.5. The molecule has 0 aliphatic carbocycles. The van der Waals surface area contributed by atoms with E-state index in [0.717, 1.165) is 24.6 Å². The van der Waals surface area contributed by atoms with Gasteiger partial charge in [0.2, 0.25) is 5.95 Å². The SMILES string of the molecule is Cc1cc(C)c(N2CCCn3c2nc(C)c3C(=O)O)c(C)c1. The van der Waals surface area contributed by atoms with Crippen LogP contribution in [-0.4, -0.2) is 27.2 Å². The van der Waals surface area contributed by atoms with Crippen molar-refractivity contribution in [1.82, 2.24) is 9.55 Å². The van der Waals surface area contributed by atoms with Crippen molar-refractivity contribution in [3.8, 4) is 0 Å². The molecule has 22 heavy (non-hydrogen) atoms. The Morgan fingerprint density at radius 1 is 1.14 bits per heavy atom. The molecule has 0 fully saturated rings. The fourth-order valence-electron chi connectivity index (χ4n) is 3.54. The van der Waals surface area contributed by atoms with E-state index in [1.807, 2.05) is 4.57 Å². The summed E-state index contributed by atoms with van der Waals surface area (Å²) in [6, 6.07) is 4.32. The molecule has 0 saturated heterocycles. The Balaban J connectivity index is 2.18. The molecule has 1 aliphatic rings. The maximum absolute atomic E-state index is 11.5. The van der Waals surface area contributed by atoms with Gasteiger partial charge in [0.05, 0.1) is 5.69 Å². The number of anilines is 2. The Labute approximate surface area is 130 Å². The van der Waals surface area contributed by atoms with E-state index in [-0.39, 0.29) is 0 Å². The lowest BCUT2D eigenvalue weighted by atomic mass is 10.0. The van der Waals surface area contributed by atoms with Crippen LogP contribution in [-0.2, 0) is 6.54 Å². The van der Waals surface area contributed by atoms with Crippen molar-refractivity contribution in [3.05, 3.63) is 40.2 Å². The van der Waals surface area contributed by atoms with Gasteiger partial charge in [0, 0.05) is 18.8 Å². The Hall–Kier alpha value is -2.30. The highest BCUT2D eigenvalue weighted by atomic mass is 16.4. The number of nitrogens with zero attached hydrogens (tertiary/aromatic N) is 3. The Morgan fingerprint density at radius 2 is 1.77 bits per heavy atom. The number of fused-ring (bicyclic) bond motifs is 1. The van der Waals surface area contributed by atoms with Crippen LogP contribution in [0.4, 0.5) is 11.6 Å². The van der Waals surface area contributed by atoms with Crippen molar-refractivity contribution in [1.29, 1.82) is 0 Å². The van der Waals surface area contributed by atoms with E-state index in [1.54, 1.807) is 6.92 Å². The zero-order valence-corrected chi connectivity index (χ0v) is 13.5. The summed E-state index contributed by atoms with van der Waals surface area (Å²) >= 11 is 0. The molecule has 0 bridgehead atoms. The van der Waals surface area contributed by atoms with Gasteiger partial charge in [-0.2, -0.15) is 0 Å². The molecule has 5 nitrogen and oxygen atoms in total. The average Bonchev–Trinajstić information content (AvgIpc) is 2.74. The number of hydrogen-bond donors (Lipinski definition) is 1. The number of aromatic carboxylic acids is 1. The van der Waals surface area contributed by atoms with E-state index in [4.69, 9.17) is 0 Å². The molecule has 116 valence electrons. The molecule has 1 aromatic heterocycles. The van der Waals surface area contributed by atoms with Gasteiger partial charge in [-0.25, -0.2) is 9.78 Å². The number of rotatable bonds is 2. The third kappa shape index (κ3) is 2.17. The van der Waals surface area contributed by atoms with E-state index in [9.17, 15) is 9.90 Å². The van der Waals surface area contributed by atoms with Gasteiger partial charge < -0.3 is 14.6 Å². The zero-order chi connectivity index (χ0) is 16.0. The summed E-state index contributed by atoms with van der Waals surface area (Å²) in [5, 5.41) is 9.43. The molecular formula is C17H21N3O2. The zero-order valence-electron chi connectivity index (χ0n) is 13.5. The summed E-state index contributed by atoms with van der Waals surface area (Å²) in [5.74, 6) is -0.161. The Bertz CT molecular complexity index is 738. The molecule has 0 amide bonds. The van der Waals surface area contributed by atoms with Crippen molar-refractivity contribution in [2.45, 2.75) is 40.7 Å². The van der Waals surface area contributed by atoms with Gasteiger partial charge in [0.15, 0.2) is 5.69 Å². The lowest BCUT2D eigenvalue weighted by Crippen LogP contribution is -2.30. The number of benzene rings is 1. The lowest BCUT2D eigenvalue weighted by Gasteiger charge is -2.32. The molecule has 3 rings (SSSR count). The highest BCUT2D eigenvalue weighted by molar-refractivity contribution is 5.88. The van der Waals surface area contributed by atoms with Crippen LogP contribution in [0.5, 0.6) is 0 Å². The Morgan fingerprint density at radius 3 is 2.36 bits per heavy atom. The molecule has 0 radical (unpaired) electrons. The molecule has 0 atom stereocenters. The van der Waals surface area contributed by atoms with Crippen molar-refractivity contribution >= 4 is 17.6 Å². The van der Waals surface area contributed by atoms with E-state index in [0.29, 0.717) is 17.9 Å². The predicted octanol–water partition coefficient (Wildman–Crippen LogP) is 3.36. The normalized spacial score (nSPS) is 14.1. The molecule has 0 saturated carbocycles. The smallest absolute Gasteiger partial charge is 0.354 e. The molecule has 0 unspecified atom stereocenters. The third-order valence-corrected chi connectivity index (χ3v) is 4.23. The summed E-state index contributed by atoms with van der Waals surface area (Å²) < 4.78 is 1.83. The minimum absolute atomic E-state index is 0.308. The first-order valence-electron chi connectivity index (χ1n) is 7.56. The first kappa shape index (κ1) is 14.6. The van der Waals surface area contributed by atoms with Crippen LogP contribution >= 0.6 is 0 Å². The van der Waals surface area contributed by atoms with Gasteiger partial charge in [-0.05, 0) is 45.2 Å². The first-order valence-corrected chi connectivity index (χ1v) is 7.56. The van der Waals surface area contributed by atoms with E-state index in [2.05, 4.69) is 42.8 Å². The largest absolute Gasteiger partial charge is 0.477 e. The minimum Gasteiger partial charge on any atom is -0.477 e. The molecule has 1 aliphatic heterocycles. The van der Waals surface area contributed by atoms with Gasteiger partial charge in [0.25, 0.3) is 0 Å². The third-order valence-electron chi connectivity index (χ3n) is 4.23. The van der Waals surface area contributed by atoms with Gasteiger partial charge in [-0.15, -0.1) is 0 Å². The van der Waals surface area contributed by atoms with E-state index < -0.39 is 5.97 Å².